The Morgan fingerprint density at radius 1 is 1.37 bits per heavy atom. The fraction of sp³-hybridized carbons (Fsp3) is 0.929. The third kappa shape index (κ3) is 4.08. The fourth-order valence-electron chi connectivity index (χ4n) is 2.95. The predicted octanol–water partition coefficient (Wildman–Crippen LogP) is 0.881. The Labute approximate surface area is 115 Å². The molecule has 0 aromatic rings. The van der Waals surface area contributed by atoms with Crippen LogP contribution in [0.4, 0.5) is 0 Å². The highest BCUT2D eigenvalue weighted by atomic mass is 16.5. The molecule has 19 heavy (non-hydrogen) atoms. The second-order valence-electron chi connectivity index (χ2n) is 5.97. The molecule has 2 aliphatic rings. The Morgan fingerprint density at radius 3 is 2.79 bits per heavy atom. The molecule has 0 bridgehead atoms. The maximum absolute atomic E-state index is 9.80. The molecule has 3 atom stereocenters. The van der Waals surface area contributed by atoms with Gasteiger partial charge >= 0.3 is 0 Å². The lowest BCUT2D eigenvalue weighted by molar-refractivity contribution is 0.0242. The summed E-state index contributed by atoms with van der Waals surface area (Å²) >= 11 is 0. The van der Waals surface area contributed by atoms with Crippen LogP contribution < -0.4 is 10.6 Å². The first-order chi connectivity index (χ1) is 9.13. The van der Waals surface area contributed by atoms with Gasteiger partial charge in [-0.25, -0.2) is 0 Å². The smallest absolute Gasteiger partial charge is 0.191 e. The van der Waals surface area contributed by atoms with Crippen LogP contribution in [0.1, 0.15) is 39.0 Å². The van der Waals surface area contributed by atoms with Crippen LogP contribution in [0.2, 0.25) is 0 Å². The number of aliphatic imine (C=N–C) groups is 1. The Balaban J connectivity index is 1.71. The van der Waals surface area contributed by atoms with E-state index in [-0.39, 0.29) is 11.7 Å². The molecule has 3 N–H and O–H groups in total. The highest BCUT2D eigenvalue weighted by Crippen LogP contribution is 2.25. The summed E-state index contributed by atoms with van der Waals surface area (Å²) < 4.78 is 5.75. The van der Waals surface area contributed by atoms with Gasteiger partial charge in [0.1, 0.15) is 0 Å². The number of hydrogen-bond acceptors (Lipinski definition) is 3. The van der Waals surface area contributed by atoms with E-state index in [4.69, 9.17) is 4.74 Å². The highest BCUT2D eigenvalue weighted by Gasteiger charge is 2.30. The average Bonchev–Trinajstić information content (AvgIpc) is 3.00. The van der Waals surface area contributed by atoms with Crippen LogP contribution in [0.5, 0.6) is 0 Å². The molecule has 1 saturated carbocycles. The summed E-state index contributed by atoms with van der Waals surface area (Å²) in [6.45, 7) is 4.57. The zero-order valence-electron chi connectivity index (χ0n) is 12.1. The van der Waals surface area contributed by atoms with Gasteiger partial charge in [-0.3, -0.25) is 4.99 Å². The van der Waals surface area contributed by atoms with Crippen molar-refractivity contribution < 1.29 is 9.84 Å². The summed E-state index contributed by atoms with van der Waals surface area (Å²) in [6.07, 6.45) is 5.25. The third-order valence-electron chi connectivity index (χ3n) is 4.30. The molecule has 2 rings (SSSR count). The van der Waals surface area contributed by atoms with Crippen molar-refractivity contribution in [2.45, 2.75) is 50.7 Å². The number of hydrogen-bond donors (Lipinski definition) is 3. The van der Waals surface area contributed by atoms with E-state index in [0.29, 0.717) is 5.92 Å². The summed E-state index contributed by atoms with van der Waals surface area (Å²) in [4.78, 5) is 4.22. The average molecular weight is 269 g/mol. The number of guanidine groups is 1. The van der Waals surface area contributed by atoms with Gasteiger partial charge in [0.15, 0.2) is 5.96 Å². The highest BCUT2D eigenvalue weighted by molar-refractivity contribution is 5.79. The van der Waals surface area contributed by atoms with Crippen LogP contribution in [-0.2, 0) is 4.74 Å². The number of nitrogens with zero attached hydrogens (tertiary/aromatic N) is 1. The number of aliphatic hydroxyl groups is 1. The van der Waals surface area contributed by atoms with Crippen molar-refractivity contribution in [3.05, 3.63) is 0 Å². The van der Waals surface area contributed by atoms with E-state index in [1.165, 1.54) is 0 Å². The molecule has 0 aromatic heterocycles. The molecule has 0 aromatic carbocycles. The maximum atomic E-state index is 9.80. The van der Waals surface area contributed by atoms with Gasteiger partial charge in [0.2, 0.25) is 0 Å². The third-order valence-corrected chi connectivity index (χ3v) is 4.30. The number of ether oxygens (including phenoxy) is 1. The van der Waals surface area contributed by atoms with E-state index in [1.54, 1.807) is 7.05 Å². The first-order valence-corrected chi connectivity index (χ1v) is 7.39. The van der Waals surface area contributed by atoms with Crippen molar-refractivity contribution in [3.63, 3.8) is 0 Å². The Kier molecular flexibility index (Phi) is 5.05. The van der Waals surface area contributed by atoms with Gasteiger partial charge in [-0.05, 0) is 32.6 Å². The molecule has 3 unspecified atom stereocenters. The molecule has 0 radical (unpaired) electrons. The maximum Gasteiger partial charge on any atom is 0.191 e. The molecule has 0 spiro atoms. The molecule has 2 fully saturated rings. The van der Waals surface area contributed by atoms with Crippen LogP contribution >= 0.6 is 0 Å². The molecule has 1 heterocycles. The second kappa shape index (κ2) is 6.57. The van der Waals surface area contributed by atoms with Crippen LogP contribution in [0.25, 0.3) is 0 Å². The SMILES string of the molecule is CN=C(NCC1CCCC1O)NCC1(C)CCCO1. The molecule has 110 valence electrons. The predicted molar refractivity (Wildman–Crippen MR) is 76.3 cm³/mol. The van der Waals surface area contributed by atoms with E-state index >= 15 is 0 Å². The minimum absolute atomic E-state index is 0.0650. The van der Waals surface area contributed by atoms with Crippen molar-refractivity contribution in [1.29, 1.82) is 0 Å². The summed E-state index contributed by atoms with van der Waals surface area (Å²) in [5.41, 5.74) is -0.0650. The number of aliphatic hydroxyl groups excluding tert-OH is 1. The van der Waals surface area contributed by atoms with Crippen LogP contribution in [0, 0.1) is 5.92 Å². The molecule has 1 saturated heterocycles. The summed E-state index contributed by atoms with van der Waals surface area (Å²) in [6, 6.07) is 0. The summed E-state index contributed by atoms with van der Waals surface area (Å²) in [5.74, 6) is 1.16. The van der Waals surface area contributed by atoms with Gasteiger partial charge in [-0.15, -0.1) is 0 Å². The Hall–Kier alpha value is -0.810. The quantitative estimate of drug-likeness (QED) is 0.524. The minimum atomic E-state index is -0.152. The van der Waals surface area contributed by atoms with E-state index in [2.05, 4.69) is 22.5 Å². The molecule has 5 nitrogen and oxygen atoms in total. The Bertz CT molecular complexity index is 314. The zero-order valence-corrected chi connectivity index (χ0v) is 12.1. The van der Waals surface area contributed by atoms with E-state index in [9.17, 15) is 5.11 Å². The van der Waals surface area contributed by atoms with E-state index in [0.717, 1.165) is 57.8 Å². The standard InChI is InChI=1S/C14H27N3O2/c1-14(7-4-8-19-14)10-17-13(15-2)16-9-11-5-3-6-12(11)18/h11-12,18H,3-10H2,1-2H3,(H2,15,16,17). The monoisotopic (exact) mass is 269 g/mol. The van der Waals surface area contributed by atoms with Crippen molar-refractivity contribution in [1.82, 2.24) is 10.6 Å². The van der Waals surface area contributed by atoms with E-state index < -0.39 is 0 Å². The number of rotatable bonds is 4. The van der Waals surface area contributed by atoms with Gasteiger partial charge in [0.25, 0.3) is 0 Å². The second-order valence-corrected chi connectivity index (χ2v) is 5.97. The minimum Gasteiger partial charge on any atom is -0.393 e. The summed E-state index contributed by atoms with van der Waals surface area (Å²) in [5, 5.41) is 16.4. The largest absolute Gasteiger partial charge is 0.393 e. The Morgan fingerprint density at radius 2 is 2.21 bits per heavy atom. The normalized spacial score (nSPS) is 35.6. The summed E-state index contributed by atoms with van der Waals surface area (Å²) in [7, 11) is 1.78. The van der Waals surface area contributed by atoms with Gasteiger partial charge < -0.3 is 20.5 Å². The molecule has 5 heteroatoms. The molecular formula is C14H27N3O2. The lowest BCUT2D eigenvalue weighted by Gasteiger charge is -2.25. The molecule has 1 aliphatic heterocycles. The first-order valence-electron chi connectivity index (χ1n) is 7.39. The molecule has 0 amide bonds. The number of nitrogens with one attached hydrogen (secondary N) is 2. The van der Waals surface area contributed by atoms with Gasteiger partial charge in [0.05, 0.1) is 11.7 Å². The first kappa shape index (κ1) is 14.6. The fourth-order valence-corrected chi connectivity index (χ4v) is 2.95. The van der Waals surface area contributed by atoms with Crippen molar-refractivity contribution in [2.75, 3.05) is 26.7 Å². The van der Waals surface area contributed by atoms with Crippen molar-refractivity contribution in [2.24, 2.45) is 10.9 Å². The van der Waals surface area contributed by atoms with Gasteiger partial charge in [-0.2, -0.15) is 0 Å². The van der Waals surface area contributed by atoms with Crippen molar-refractivity contribution >= 4 is 5.96 Å². The molecule has 1 aliphatic carbocycles. The van der Waals surface area contributed by atoms with Gasteiger partial charge in [0, 0.05) is 32.7 Å². The topological polar surface area (TPSA) is 65.9 Å². The zero-order chi connectivity index (χ0) is 13.7. The van der Waals surface area contributed by atoms with Crippen molar-refractivity contribution in [3.8, 4) is 0 Å². The van der Waals surface area contributed by atoms with Crippen LogP contribution in [-0.4, -0.2) is 49.5 Å². The van der Waals surface area contributed by atoms with Crippen LogP contribution in [0.3, 0.4) is 0 Å². The lowest BCUT2D eigenvalue weighted by Crippen LogP contribution is -2.47. The molecular weight excluding hydrogens is 242 g/mol. The van der Waals surface area contributed by atoms with Crippen LogP contribution in [0.15, 0.2) is 4.99 Å². The van der Waals surface area contributed by atoms with E-state index in [1.807, 2.05) is 0 Å². The lowest BCUT2D eigenvalue weighted by atomic mass is 10.0. The van der Waals surface area contributed by atoms with Gasteiger partial charge in [-0.1, -0.05) is 6.42 Å².